The fourth-order valence-corrected chi connectivity index (χ4v) is 3.06. The van der Waals surface area contributed by atoms with Crippen LogP contribution in [-0.2, 0) is 10.0 Å². The van der Waals surface area contributed by atoms with Crippen molar-refractivity contribution in [1.82, 2.24) is 4.31 Å². The van der Waals surface area contributed by atoms with Gasteiger partial charge in [0, 0.05) is 13.6 Å². The molecule has 5 heteroatoms. The molecular weight excluding hydrogens is 250 g/mol. The van der Waals surface area contributed by atoms with Crippen LogP contribution in [-0.4, -0.2) is 32.9 Å². The zero-order chi connectivity index (χ0) is 13.2. The number of hydrogen-bond acceptors (Lipinski definition) is 3. The van der Waals surface area contributed by atoms with Gasteiger partial charge < -0.3 is 4.74 Å². The minimum absolute atomic E-state index is 0.328. The second kappa shape index (κ2) is 5.28. The summed E-state index contributed by atoms with van der Waals surface area (Å²) in [5, 5.41) is 0. The fraction of sp³-hybridized carbons (Fsp3) is 0.538. The largest absolute Gasteiger partial charge is 0.494 e. The summed E-state index contributed by atoms with van der Waals surface area (Å²) in [5.41, 5.74) is 0. The van der Waals surface area contributed by atoms with Gasteiger partial charge in [0.2, 0.25) is 10.0 Å². The molecule has 2 rings (SSSR count). The molecule has 0 heterocycles. The van der Waals surface area contributed by atoms with Crippen LogP contribution in [0.3, 0.4) is 0 Å². The standard InChI is InChI=1S/C13H19NO3S/c1-3-17-12-6-8-13(9-7-12)18(15,16)14(2)10-11-4-5-11/h6-9,11H,3-5,10H2,1-2H3. The van der Waals surface area contributed by atoms with Gasteiger partial charge >= 0.3 is 0 Å². The van der Waals surface area contributed by atoms with E-state index in [2.05, 4.69) is 0 Å². The highest BCUT2D eigenvalue weighted by molar-refractivity contribution is 7.89. The van der Waals surface area contributed by atoms with Crippen LogP contribution in [0.5, 0.6) is 5.75 Å². The Morgan fingerprint density at radius 2 is 1.89 bits per heavy atom. The molecule has 0 aromatic heterocycles. The average molecular weight is 269 g/mol. The van der Waals surface area contributed by atoms with Crippen molar-refractivity contribution in [2.24, 2.45) is 5.92 Å². The van der Waals surface area contributed by atoms with E-state index >= 15 is 0 Å². The highest BCUT2D eigenvalue weighted by atomic mass is 32.2. The molecule has 0 amide bonds. The van der Waals surface area contributed by atoms with Crippen LogP contribution >= 0.6 is 0 Å². The van der Waals surface area contributed by atoms with E-state index < -0.39 is 10.0 Å². The number of ether oxygens (including phenoxy) is 1. The number of sulfonamides is 1. The van der Waals surface area contributed by atoms with Crippen molar-refractivity contribution in [3.8, 4) is 5.75 Å². The summed E-state index contributed by atoms with van der Waals surface area (Å²) in [6, 6.07) is 6.59. The molecule has 0 atom stereocenters. The summed E-state index contributed by atoms with van der Waals surface area (Å²) < 4.78 is 31.2. The Labute approximate surface area is 109 Å². The Bertz CT molecular complexity index is 491. The van der Waals surface area contributed by atoms with E-state index in [1.165, 1.54) is 4.31 Å². The molecule has 1 fully saturated rings. The van der Waals surface area contributed by atoms with Crippen LogP contribution < -0.4 is 4.74 Å². The van der Waals surface area contributed by atoms with E-state index in [-0.39, 0.29) is 0 Å². The number of nitrogens with zero attached hydrogens (tertiary/aromatic N) is 1. The minimum Gasteiger partial charge on any atom is -0.494 e. The van der Waals surface area contributed by atoms with Gasteiger partial charge in [0.05, 0.1) is 11.5 Å². The van der Waals surface area contributed by atoms with Gasteiger partial charge in [0.25, 0.3) is 0 Å². The lowest BCUT2D eigenvalue weighted by Crippen LogP contribution is -2.28. The van der Waals surface area contributed by atoms with Gasteiger partial charge in [0.1, 0.15) is 5.75 Å². The summed E-state index contributed by atoms with van der Waals surface area (Å²) in [4.78, 5) is 0.328. The molecule has 0 unspecified atom stereocenters. The van der Waals surface area contributed by atoms with Crippen LogP contribution in [0.4, 0.5) is 0 Å². The minimum atomic E-state index is -3.35. The third-order valence-electron chi connectivity index (χ3n) is 3.06. The zero-order valence-corrected chi connectivity index (χ0v) is 11.6. The predicted molar refractivity (Wildman–Crippen MR) is 70.2 cm³/mol. The number of rotatable bonds is 6. The first-order valence-corrected chi connectivity index (χ1v) is 7.67. The van der Waals surface area contributed by atoms with Gasteiger partial charge in [-0.3, -0.25) is 0 Å². The van der Waals surface area contributed by atoms with E-state index in [1.54, 1.807) is 31.3 Å². The van der Waals surface area contributed by atoms with E-state index in [9.17, 15) is 8.42 Å². The predicted octanol–water partition coefficient (Wildman–Crippen LogP) is 2.12. The van der Waals surface area contributed by atoms with Crippen molar-refractivity contribution in [3.05, 3.63) is 24.3 Å². The summed E-state index contributed by atoms with van der Waals surface area (Å²) in [6.45, 7) is 3.09. The first-order valence-electron chi connectivity index (χ1n) is 6.23. The second-order valence-corrected chi connectivity index (χ2v) is 6.68. The van der Waals surface area contributed by atoms with Gasteiger partial charge in [-0.15, -0.1) is 0 Å². The van der Waals surface area contributed by atoms with Crippen molar-refractivity contribution in [3.63, 3.8) is 0 Å². The quantitative estimate of drug-likeness (QED) is 0.794. The Hall–Kier alpha value is -1.07. The van der Waals surface area contributed by atoms with E-state index in [0.717, 1.165) is 12.8 Å². The molecule has 1 aromatic carbocycles. The summed E-state index contributed by atoms with van der Waals surface area (Å²) in [7, 11) is -1.71. The second-order valence-electron chi connectivity index (χ2n) is 4.63. The van der Waals surface area contributed by atoms with Gasteiger partial charge in [-0.2, -0.15) is 0 Å². The van der Waals surface area contributed by atoms with Gasteiger partial charge in [-0.1, -0.05) is 0 Å². The van der Waals surface area contributed by atoms with Gasteiger partial charge in [0.15, 0.2) is 0 Å². The lowest BCUT2D eigenvalue weighted by molar-refractivity contribution is 0.340. The smallest absolute Gasteiger partial charge is 0.242 e. The number of benzene rings is 1. The monoisotopic (exact) mass is 269 g/mol. The molecule has 0 radical (unpaired) electrons. The Balaban J connectivity index is 2.12. The molecule has 1 saturated carbocycles. The molecule has 100 valence electrons. The van der Waals surface area contributed by atoms with Crippen molar-refractivity contribution < 1.29 is 13.2 Å². The summed E-state index contributed by atoms with van der Waals surface area (Å²) >= 11 is 0. The molecule has 0 bridgehead atoms. The van der Waals surface area contributed by atoms with Gasteiger partial charge in [-0.25, -0.2) is 12.7 Å². The molecule has 0 spiro atoms. The topological polar surface area (TPSA) is 46.6 Å². The van der Waals surface area contributed by atoms with Crippen molar-refractivity contribution in [2.75, 3.05) is 20.2 Å². The molecular formula is C13H19NO3S. The first-order chi connectivity index (χ1) is 8.54. The van der Waals surface area contributed by atoms with Gasteiger partial charge in [-0.05, 0) is 49.9 Å². The highest BCUT2D eigenvalue weighted by Crippen LogP contribution is 2.31. The molecule has 18 heavy (non-hydrogen) atoms. The van der Waals surface area contributed by atoms with Crippen LogP contribution in [0.15, 0.2) is 29.2 Å². The molecule has 1 aromatic rings. The SMILES string of the molecule is CCOc1ccc(S(=O)(=O)N(C)CC2CC2)cc1. The van der Waals surface area contributed by atoms with Crippen LogP contribution in [0.25, 0.3) is 0 Å². The summed E-state index contributed by atoms with van der Waals surface area (Å²) in [5.74, 6) is 1.24. The zero-order valence-electron chi connectivity index (χ0n) is 10.8. The lowest BCUT2D eigenvalue weighted by Gasteiger charge is -2.17. The highest BCUT2D eigenvalue weighted by Gasteiger charge is 2.29. The molecule has 0 N–H and O–H groups in total. The maximum absolute atomic E-state index is 12.2. The van der Waals surface area contributed by atoms with Crippen LogP contribution in [0, 0.1) is 5.92 Å². The molecule has 1 aliphatic rings. The lowest BCUT2D eigenvalue weighted by atomic mass is 10.3. The number of hydrogen-bond donors (Lipinski definition) is 0. The van der Waals surface area contributed by atoms with E-state index in [4.69, 9.17) is 4.74 Å². The first kappa shape index (κ1) is 13.4. The molecule has 0 aliphatic heterocycles. The average Bonchev–Trinajstić information content (AvgIpc) is 3.14. The third-order valence-corrected chi connectivity index (χ3v) is 4.89. The Kier molecular flexibility index (Phi) is 3.92. The van der Waals surface area contributed by atoms with Crippen molar-refractivity contribution in [1.29, 1.82) is 0 Å². The maximum atomic E-state index is 12.2. The van der Waals surface area contributed by atoms with E-state index in [1.807, 2.05) is 6.92 Å². The van der Waals surface area contributed by atoms with Crippen molar-refractivity contribution in [2.45, 2.75) is 24.7 Å². The Morgan fingerprint density at radius 3 is 2.39 bits per heavy atom. The third kappa shape index (κ3) is 3.03. The molecule has 1 aliphatic carbocycles. The maximum Gasteiger partial charge on any atom is 0.242 e. The molecule has 4 nitrogen and oxygen atoms in total. The van der Waals surface area contributed by atoms with Crippen molar-refractivity contribution >= 4 is 10.0 Å². The Morgan fingerprint density at radius 1 is 1.28 bits per heavy atom. The van der Waals surface area contributed by atoms with E-state index in [0.29, 0.717) is 29.7 Å². The summed E-state index contributed by atoms with van der Waals surface area (Å²) in [6.07, 6.45) is 2.28. The fourth-order valence-electron chi connectivity index (χ4n) is 1.82. The normalized spacial score (nSPS) is 15.9. The van der Waals surface area contributed by atoms with Crippen LogP contribution in [0.1, 0.15) is 19.8 Å². The van der Waals surface area contributed by atoms with Crippen LogP contribution in [0.2, 0.25) is 0 Å². The molecule has 0 saturated heterocycles.